The summed E-state index contributed by atoms with van der Waals surface area (Å²) in [5.41, 5.74) is 2.79. The van der Waals surface area contributed by atoms with Gasteiger partial charge in [0.05, 0.1) is 18.8 Å². The molecule has 1 N–H and O–H groups in total. The molecule has 0 unspecified atom stereocenters. The quantitative estimate of drug-likeness (QED) is 0.788. The highest BCUT2D eigenvalue weighted by Crippen LogP contribution is 2.33. The summed E-state index contributed by atoms with van der Waals surface area (Å²) in [7, 11) is 1.60. The fourth-order valence-corrected chi connectivity index (χ4v) is 3.43. The monoisotopic (exact) mass is 348 g/mol. The Morgan fingerprint density at radius 3 is 2.73 bits per heavy atom. The molecule has 3 aromatic rings. The van der Waals surface area contributed by atoms with E-state index in [1.807, 2.05) is 47.4 Å². The van der Waals surface area contributed by atoms with Crippen LogP contribution in [0.15, 0.2) is 67.1 Å². The van der Waals surface area contributed by atoms with Gasteiger partial charge < -0.3 is 19.5 Å². The van der Waals surface area contributed by atoms with Crippen LogP contribution in [0.4, 0.5) is 10.5 Å². The second-order valence-electron chi connectivity index (χ2n) is 6.13. The Hall–Kier alpha value is -3.28. The Morgan fingerprint density at radius 2 is 1.92 bits per heavy atom. The molecule has 6 heteroatoms. The number of carbonyl (C=O) groups is 1. The number of rotatable bonds is 3. The minimum Gasteiger partial charge on any atom is -0.495 e. The lowest BCUT2D eigenvalue weighted by molar-refractivity contribution is 0.181. The number of benzene rings is 1. The molecule has 0 fully saturated rings. The van der Waals surface area contributed by atoms with E-state index in [1.54, 1.807) is 19.5 Å². The van der Waals surface area contributed by atoms with Crippen molar-refractivity contribution < 1.29 is 9.53 Å². The predicted molar refractivity (Wildman–Crippen MR) is 99.2 cm³/mol. The van der Waals surface area contributed by atoms with Crippen molar-refractivity contribution in [3.8, 4) is 5.75 Å². The first kappa shape index (κ1) is 16.2. The van der Waals surface area contributed by atoms with Gasteiger partial charge in [-0.2, -0.15) is 0 Å². The Morgan fingerprint density at radius 1 is 1.12 bits per heavy atom. The smallest absolute Gasteiger partial charge is 0.322 e. The van der Waals surface area contributed by atoms with Crippen LogP contribution in [0.5, 0.6) is 5.75 Å². The average molecular weight is 348 g/mol. The predicted octanol–water partition coefficient (Wildman–Crippen LogP) is 3.53. The summed E-state index contributed by atoms with van der Waals surface area (Å²) in [5, 5.41) is 2.99. The number of nitrogens with zero attached hydrogens (tertiary/aromatic N) is 3. The molecule has 6 nitrogen and oxygen atoms in total. The fraction of sp³-hybridized carbons (Fsp3) is 0.200. The molecule has 0 radical (unpaired) electrons. The number of urea groups is 1. The number of anilines is 1. The Kier molecular flexibility index (Phi) is 4.31. The molecular formula is C20H20N4O2. The minimum atomic E-state index is -0.156. The molecule has 0 saturated heterocycles. The second kappa shape index (κ2) is 6.92. The first-order valence-corrected chi connectivity index (χ1v) is 8.53. The van der Waals surface area contributed by atoms with Crippen molar-refractivity contribution in [2.45, 2.75) is 12.6 Å². The summed E-state index contributed by atoms with van der Waals surface area (Å²) < 4.78 is 7.54. The molecule has 1 aliphatic rings. The standard InChI is InChI=1S/C20H20N4O2/c1-26-18-7-3-2-5-16(18)22-20(25)24-14-13-23-12-4-6-17(23)19(24)15-8-10-21-11-9-15/h2-12,19H,13-14H2,1H3,(H,22,25)/t19-/m1/s1. The highest BCUT2D eigenvalue weighted by Gasteiger charge is 2.32. The van der Waals surface area contributed by atoms with Gasteiger partial charge in [-0.1, -0.05) is 12.1 Å². The second-order valence-corrected chi connectivity index (χ2v) is 6.13. The number of nitrogens with one attached hydrogen (secondary N) is 1. The van der Waals surface area contributed by atoms with Gasteiger partial charge in [0, 0.05) is 37.4 Å². The molecular weight excluding hydrogens is 328 g/mol. The third-order valence-corrected chi connectivity index (χ3v) is 4.67. The highest BCUT2D eigenvalue weighted by atomic mass is 16.5. The zero-order valence-electron chi connectivity index (χ0n) is 14.5. The minimum absolute atomic E-state index is 0.149. The summed E-state index contributed by atoms with van der Waals surface area (Å²) in [6.45, 7) is 1.39. The van der Waals surface area contributed by atoms with E-state index in [4.69, 9.17) is 4.74 Å². The number of hydrogen-bond acceptors (Lipinski definition) is 3. The van der Waals surface area contributed by atoms with Crippen molar-refractivity contribution in [1.29, 1.82) is 0 Å². The SMILES string of the molecule is COc1ccccc1NC(=O)N1CCn2cccc2[C@H]1c1ccncc1. The van der Waals surface area contributed by atoms with E-state index in [9.17, 15) is 4.79 Å². The summed E-state index contributed by atoms with van der Waals surface area (Å²) in [4.78, 5) is 19.0. The van der Waals surface area contributed by atoms with E-state index in [0.717, 1.165) is 17.8 Å². The van der Waals surface area contributed by atoms with E-state index in [2.05, 4.69) is 27.1 Å². The van der Waals surface area contributed by atoms with Gasteiger partial charge in [-0.05, 0) is 42.0 Å². The maximum absolute atomic E-state index is 13.1. The van der Waals surface area contributed by atoms with Crippen molar-refractivity contribution >= 4 is 11.7 Å². The summed E-state index contributed by atoms with van der Waals surface area (Å²) in [6, 6.07) is 15.1. The van der Waals surface area contributed by atoms with Crippen LogP contribution in [0.1, 0.15) is 17.3 Å². The molecule has 2 amide bonds. The Labute approximate surface area is 152 Å². The first-order chi connectivity index (χ1) is 12.8. The normalized spacial score (nSPS) is 16.0. The van der Waals surface area contributed by atoms with E-state index in [-0.39, 0.29) is 12.1 Å². The third kappa shape index (κ3) is 2.90. The lowest BCUT2D eigenvalue weighted by Crippen LogP contribution is -2.44. The van der Waals surface area contributed by atoms with Crippen LogP contribution < -0.4 is 10.1 Å². The van der Waals surface area contributed by atoms with Crippen molar-refractivity contribution in [3.63, 3.8) is 0 Å². The molecule has 1 aromatic carbocycles. The molecule has 0 saturated carbocycles. The van der Waals surface area contributed by atoms with Gasteiger partial charge in [-0.25, -0.2) is 4.79 Å². The zero-order chi connectivity index (χ0) is 17.9. The topological polar surface area (TPSA) is 59.4 Å². The molecule has 4 rings (SSSR count). The molecule has 0 bridgehead atoms. The van der Waals surface area contributed by atoms with Crippen LogP contribution in [0.2, 0.25) is 0 Å². The number of amides is 2. The van der Waals surface area contributed by atoms with Crippen molar-refractivity contribution in [2.24, 2.45) is 0 Å². The van der Waals surface area contributed by atoms with Crippen LogP contribution in [-0.4, -0.2) is 34.1 Å². The third-order valence-electron chi connectivity index (χ3n) is 4.67. The van der Waals surface area contributed by atoms with Gasteiger partial charge >= 0.3 is 6.03 Å². The molecule has 2 aromatic heterocycles. The van der Waals surface area contributed by atoms with Crippen LogP contribution in [0.25, 0.3) is 0 Å². The number of ether oxygens (including phenoxy) is 1. The Bertz CT molecular complexity index is 907. The summed E-state index contributed by atoms with van der Waals surface area (Å²) in [5.74, 6) is 0.640. The van der Waals surface area contributed by atoms with Gasteiger partial charge in [0.2, 0.25) is 0 Å². The number of para-hydroxylation sites is 2. The van der Waals surface area contributed by atoms with E-state index < -0.39 is 0 Å². The average Bonchev–Trinajstić information content (AvgIpc) is 3.17. The van der Waals surface area contributed by atoms with Crippen molar-refractivity contribution in [2.75, 3.05) is 19.0 Å². The van der Waals surface area contributed by atoms with Gasteiger partial charge in [0.15, 0.2) is 0 Å². The lowest BCUT2D eigenvalue weighted by Gasteiger charge is -2.37. The largest absolute Gasteiger partial charge is 0.495 e. The number of hydrogen-bond donors (Lipinski definition) is 1. The zero-order valence-corrected chi connectivity index (χ0v) is 14.5. The van der Waals surface area contributed by atoms with E-state index in [1.165, 1.54) is 0 Å². The van der Waals surface area contributed by atoms with Gasteiger partial charge in [0.1, 0.15) is 5.75 Å². The number of pyridine rings is 1. The van der Waals surface area contributed by atoms with Crippen molar-refractivity contribution in [3.05, 3.63) is 78.4 Å². The molecule has 1 atom stereocenters. The fourth-order valence-electron chi connectivity index (χ4n) is 3.43. The highest BCUT2D eigenvalue weighted by molar-refractivity contribution is 5.91. The first-order valence-electron chi connectivity index (χ1n) is 8.53. The number of fused-ring (bicyclic) bond motifs is 1. The maximum Gasteiger partial charge on any atom is 0.322 e. The number of aromatic nitrogens is 2. The van der Waals surface area contributed by atoms with E-state index >= 15 is 0 Å². The molecule has 3 heterocycles. The number of methoxy groups -OCH3 is 1. The van der Waals surface area contributed by atoms with Gasteiger partial charge in [-0.3, -0.25) is 4.98 Å². The maximum atomic E-state index is 13.1. The van der Waals surface area contributed by atoms with Crippen LogP contribution in [-0.2, 0) is 6.54 Å². The van der Waals surface area contributed by atoms with Crippen LogP contribution >= 0.6 is 0 Å². The van der Waals surface area contributed by atoms with Crippen LogP contribution in [0, 0.1) is 0 Å². The summed E-state index contributed by atoms with van der Waals surface area (Å²) >= 11 is 0. The lowest BCUT2D eigenvalue weighted by atomic mass is 10.0. The van der Waals surface area contributed by atoms with Crippen LogP contribution in [0.3, 0.4) is 0 Å². The molecule has 1 aliphatic heterocycles. The molecule has 26 heavy (non-hydrogen) atoms. The number of carbonyl (C=O) groups excluding carboxylic acids is 1. The van der Waals surface area contributed by atoms with E-state index in [0.29, 0.717) is 18.0 Å². The molecule has 132 valence electrons. The molecule has 0 spiro atoms. The van der Waals surface area contributed by atoms with Gasteiger partial charge in [-0.15, -0.1) is 0 Å². The Balaban J connectivity index is 1.67. The van der Waals surface area contributed by atoms with Crippen molar-refractivity contribution in [1.82, 2.24) is 14.5 Å². The van der Waals surface area contributed by atoms with Gasteiger partial charge in [0.25, 0.3) is 0 Å². The summed E-state index contributed by atoms with van der Waals surface area (Å²) in [6.07, 6.45) is 5.57. The molecule has 0 aliphatic carbocycles.